The van der Waals surface area contributed by atoms with Gasteiger partial charge in [-0.1, -0.05) is 12.7 Å². The number of aliphatic imine (C=N–C) groups is 3. The van der Waals surface area contributed by atoms with Gasteiger partial charge in [0.25, 0.3) is 0 Å². The van der Waals surface area contributed by atoms with Crippen molar-refractivity contribution in [2.24, 2.45) is 15.0 Å². The van der Waals surface area contributed by atoms with Crippen LogP contribution in [0.15, 0.2) is 103 Å². The molecule has 0 unspecified atom stereocenters. The zero-order chi connectivity index (χ0) is 33.1. The monoisotopic (exact) mass is 618 g/mol. The van der Waals surface area contributed by atoms with Crippen LogP contribution in [-0.4, -0.2) is 53.4 Å². The van der Waals surface area contributed by atoms with E-state index in [4.69, 9.17) is 24.5 Å². The summed E-state index contributed by atoms with van der Waals surface area (Å²) in [6.45, 7) is 12.1. The van der Waals surface area contributed by atoms with Crippen molar-refractivity contribution in [1.82, 2.24) is 4.98 Å². The van der Waals surface area contributed by atoms with Gasteiger partial charge in [-0.2, -0.15) is 0 Å². The molecule has 8 bridgehead atoms. The van der Waals surface area contributed by atoms with Crippen LogP contribution in [-0.2, 0) is 19.1 Å². The van der Waals surface area contributed by atoms with E-state index in [0.717, 1.165) is 84.3 Å². The molecule has 0 spiro atoms. The summed E-state index contributed by atoms with van der Waals surface area (Å²) in [5.41, 5.74) is 11.8. The SMILES string of the molecule is C=Cc1c(C)c2[nH]c1=CC1=NC(=CC3=NC(=CC4=C(C)/C(=C\C=C/O)C(=N4)C=2)C(C)=C3CCC(=O)OC)C(CCC(=O)OC)=C1C. The minimum atomic E-state index is -0.308. The summed E-state index contributed by atoms with van der Waals surface area (Å²) in [7, 11) is 2.76. The van der Waals surface area contributed by atoms with E-state index >= 15 is 0 Å². The lowest BCUT2D eigenvalue weighted by atomic mass is 9.96. The first-order chi connectivity index (χ1) is 22.1. The first-order valence-electron chi connectivity index (χ1n) is 15.1. The van der Waals surface area contributed by atoms with Crippen LogP contribution >= 0.6 is 0 Å². The predicted molar refractivity (Wildman–Crippen MR) is 183 cm³/mol. The largest absolute Gasteiger partial charge is 0.516 e. The number of fused-ring (bicyclic) bond motifs is 5. The maximum absolute atomic E-state index is 12.2. The van der Waals surface area contributed by atoms with E-state index < -0.39 is 0 Å². The third kappa shape index (κ3) is 6.13. The van der Waals surface area contributed by atoms with E-state index in [-0.39, 0.29) is 24.8 Å². The Bertz CT molecular complexity index is 2000. The normalized spacial score (nSPS) is 18.3. The summed E-state index contributed by atoms with van der Waals surface area (Å²) in [6.07, 6.45) is 15.4. The molecule has 4 aliphatic rings. The van der Waals surface area contributed by atoms with Gasteiger partial charge in [0, 0.05) is 34.7 Å². The highest BCUT2D eigenvalue weighted by atomic mass is 16.5. The van der Waals surface area contributed by atoms with Crippen molar-refractivity contribution >= 4 is 47.3 Å². The zero-order valence-electron chi connectivity index (χ0n) is 27.1. The van der Waals surface area contributed by atoms with Crippen LogP contribution in [0.2, 0.25) is 0 Å². The molecule has 9 heteroatoms. The summed E-state index contributed by atoms with van der Waals surface area (Å²) in [6, 6.07) is 0. The van der Waals surface area contributed by atoms with Crippen LogP contribution in [0.4, 0.5) is 0 Å². The van der Waals surface area contributed by atoms with Crippen molar-refractivity contribution in [3.8, 4) is 0 Å². The van der Waals surface area contributed by atoms with Gasteiger partial charge in [-0.15, -0.1) is 0 Å². The maximum atomic E-state index is 12.2. The highest BCUT2D eigenvalue weighted by molar-refractivity contribution is 6.26. The van der Waals surface area contributed by atoms with E-state index in [0.29, 0.717) is 24.3 Å². The average Bonchev–Trinajstić information content (AvgIpc) is 3.70. The number of rotatable bonds is 8. The zero-order valence-corrected chi connectivity index (χ0v) is 27.1. The van der Waals surface area contributed by atoms with Crippen molar-refractivity contribution in [1.29, 1.82) is 0 Å². The van der Waals surface area contributed by atoms with Gasteiger partial charge in [0.05, 0.1) is 54.7 Å². The summed E-state index contributed by atoms with van der Waals surface area (Å²) < 4.78 is 9.87. The fourth-order valence-corrected chi connectivity index (χ4v) is 5.98. The first kappa shape index (κ1) is 32.1. The van der Waals surface area contributed by atoms with Gasteiger partial charge in [-0.05, 0) is 110 Å². The third-order valence-corrected chi connectivity index (χ3v) is 8.72. The highest BCUT2D eigenvalue weighted by Gasteiger charge is 2.27. The molecule has 9 nitrogen and oxygen atoms in total. The number of aromatic amines is 1. The predicted octanol–water partition coefficient (Wildman–Crippen LogP) is 5.48. The van der Waals surface area contributed by atoms with Crippen LogP contribution < -0.4 is 10.7 Å². The fraction of sp³-hybridized carbons (Fsp3) is 0.270. The van der Waals surface area contributed by atoms with E-state index in [1.807, 2.05) is 64.2 Å². The number of aromatic nitrogens is 1. The lowest BCUT2D eigenvalue weighted by molar-refractivity contribution is -0.141. The van der Waals surface area contributed by atoms with Crippen molar-refractivity contribution < 1.29 is 24.2 Å². The Balaban J connectivity index is 1.81. The van der Waals surface area contributed by atoms with E-state index in [1.165, 1.54) is 14.2 Å². The lowest BCUT2D eigenvalue weighted by Gasteiger charge is -2.08. The van der Waals surface area contributed by atoms with Crippen LogP contribution in [0.3, 0.4) is 0 Å². The number of carbonyl (C=O) groups excluding carboxylic acids is 2. The average molecular weight is 619 g/mol. The van der Waals surface area contributed by atoms with Crippen LogP contribution in [0.5, 0.6) is 0 Å². The molecule has 0 saturated heterocycles. The summed E-state index contributed by atoms with van der Waals surface area (Å²) >= 11 is 0. The third-order valence-electron chi connectivity index (χ3n) is 8.72. The number of H-pyrrole nitrogens is 1. The summed E-state index contributed by atoms with van der Waals surface area (Å²) in [4.78, 5) is 43.0. The molecule has 5 heterocycles. The summed E-state index contributed by atoms with van der Waals surface area (Å²) in [5.74, 6) is -0.608. The molecule has 5 rings (SSSR count). The quantitative estimate of drug-likeness (QED) is 0.295. The minimum absolute atomic E-state index is 0.197. The minimum Gasteiger partial charge on any atom is -0.516 e. The van der Waals surface area contributed by atoms with Crippen molar-refractivity contribution in [3.05, 3.63) is 109 Å². The van der Waals surface area contributed by atoms with Gasteiger partial charge < -0.3 is 19.6 Å². The number of methoxy groups -OCH3 is 2. The Morgan fingerprint density at radius 1 is 0.804 bits per heavy atom. The molecule has 0 radical (unpaired) electrons. The number of esters is 2. The molecule has 0 fully saturated rings. The number of hydrogen-bond acceptors (Lipinski definition) is 8. The topological polar surface area (TPSA) is 126 Å². The second-order valence-electron chi connectivity index (χ2n) is 11.3. The molecule has 0 atom stereocenters. The van der Waals surface area contributed by atoms with Gasteiger partial charge >= 0.3 is 11.9 Å². The maximum Gasteiger partial charge on any atom is 0.305 e. The molecule has 46 heavy (non-hydrogen) atoms. The smallest absolute Gasteiger partial charge is 0.305 e. The Labute approximate surface area is 268 Å². The van der Waals surface area contributed by atoms with E-state index in [1.54, 1.807) is 6.08 Å². The number of hydrogen-bond donors (Lipinski definition) is 2. The standard InChI is InChI=1S/C37H38N4O5/c1-8-24-20(2)30-18-33-25(10-9-15-42)21(3)28(39-33)16-29-22(4)26(11-13-36(43)45-6)34(40-29)19-35-27(12-14-37(44)46-7)23(5)31(41-35)17-32(24)38-30/h8-10,15-19,38,42H,1,11-14H2,2-7H3/b15-9-,25-10+,29-16?,30-18?,32-17?,35-19?. The van der Waals surface area contributed by atoms with Crippen LogP contribution in [0, 0.1) is 6.92 Å². The van der Waals surface area contributed by atoms with Gasteiger partial charge in [-0.3, -0.25) is 9.59 Å². The van der Waals surface area contributed by atoms with Gasteiger partial charge in [0.1, 0.15) is 0 Å². The molecular formula is C37H38N4O5. The van der Waals surface area contributed by atoms with Crippen molar-refractivity contribution in [2.45, 2.75) is 53.4 Å². The van der Waals surface area contributed by atoms with Gasteiger partial charge in [-0.25, -0.2) is 15.0 Å². The van der Waals surface area contributed by atoms with Crippen molar-refractivity contribution in [2.75, 3.05) is 14.2 Å². The molecule has 236 valence electrons. The molecule has 4 aliphatic heterocycles. The fourth-order valence-electron chi connectivity index (χ4n) is 5.98. The Hall–Kier alpha value is -5.31. The second kappa shape index (κ2) is 13.4. The lowest BCUT2D eigenvalue weighted by Crippen LogP contribution is -2.15. The number of nitrogens with zero attached hydrogens (tertiary/aromatic N) is 3. The molecule has 1 aromatic rings. The second-order valence-corrected chi connectivity index (χ2v) is 11.3. The number of aliphatic hydroxyl groups excluding tert-OH is 1. The Morgan fingerprint density at radius 2 is 1.46 bits per heavy atom. The van der Waals surface area contributed by atoms with Gasteiger partial charge in [0.15, 0.2) is 0 Å². The Kier molecular flexibility index (Phi) is 9.32. The number of allylic oxidation sites excluding steroid dienone is 10. The number of ether oxygens (including phenoxy) is 2. The number of carbonyl (C=O) groups is 2. The van der Waals surface area contributed by atoms with Crippen LogP contribution in [0.25, 0.3) is 18.2 Å². The van der Waals surface area contributed by atoms with Gasteiger partial charge in [0.2, 0.25) is 0 Å². The first-order valence-corrected chi connectivity index (χ1v) is 15.1. The van der Waals surface area contributed by atoms with E-state index in [9.17, 15) is 14.7 Å². The van der Waals surface area contributed by atoms with Crippen molar-refractivity contribution in [3.63, 3.8) is 0 Å². The number of nitrogens with one attached hydrogen (secondary N) is 1. The molecule has 0 saturated carbocycles. The van der Waals surface area contributed by atoms with Crippen LogP contribution in [0.1, 0.15) is 57.6 Å². The number of aliphatic hydroxyl groups is 1. The molecule has 0 amide bonds. The molecule has 0 aromatic carbocycles. The molecular weight excluding hydrogens is 580 g/mol. The molecule has 0 aliphatic carbocycles. The molecule has 2 N–H and O–H groups in total. The Morgan fingerprint density at radius 3 is 2.11 bits per heavy atom. The molecule has 1 aromatic heterocycles. The highest BCUT2D eigenvalue weighted by Crippen LogP contribution is 2.36. The van der Waals surface area contributed by atoms with E-state index in [2.05, 4.69) is 11.6 Å². The summed E-state index contributed by atoms with van der Waals surface area (Å²) in [5, 5.41) is 11.1.